The normalized spacial score (nSPS) is 17.2. The minimum absolute atomic E-state index is 0.00850. The van der Waals surface area contributed by atoms with Crippen molar-refractivity contribution in [3.05, 3.63) is 99.6 Å². The lowest BCUT2D eigenvalue weighted by atomic mass is 9.77. The quantitative estimate of drug-likeness (QED) is 0.0679. The molecule has 0 atom stereocenters. The summed E-state index contributed by atoms with van der Waals surface area (Å²) in [5.74, 6) is 0.501. The standard InChI is InChI=1S/C45H53NO4S/c1-6-7-8-9-28-10-12-29(13-11-28)30-14-16-31(17-15-30)32-18-20-35(21-19-32)51-37-25-34(23-27(4)5)43(48)41-39(37)44(49)38-36(46)24-33(22-26(2)3)42(47)40(38)45(41)50/h14-21,24-29,47-48H,6-13,22-23,46H2,1-5H3. The molecule has 4 aromatic rings. The van der Waals surface area contributed by atoms with Gasteiger partial charge in [0.25, 0.3) is 0 Å². The highest BCUT2D eigenvalue weighted by molar-refractivity contribution is 7.99. The lowest BCUT2D eigenvalue weighted by Gasteiger charge is -2.29. The van der Waals surface area contributed by atoms with Crippen LogP contribution in [0.4, 0.5) is 5.69 Å². The van der Waals surface area contributed by atoms with Crippen molar-refractivity contribution >= 4 is 29.0 Å². The third-order valence-corrected chi connectivity index (χ3v) is 11.8. The van der Waals surface area contributed by atoms with E-state index in [-0.39, 0.29) is 51.3 Å². The minimum Gasteiger partial charge on any atom is -0.507 e. The number of phenols is 2. The molecule has 0 spiro atoms. The Morgan fingerprint density at radius 1 is 0.706 bits per heavy atom. The van der Waals surface area contributed by atoms with E-state index in [9.17, 15) is 19.8 Å². The van der Waals surface area contributed by atoms with Crippen molar-refractivity contribution in [3.63, 3.8) is 0 Å². The largest absolute Gasteiger partial charge is 0.507 e. The summed E-state index contributed by atoms with van der Waals surface area (Å²) in [5.41, 5.74) is 11.4. The smallest absolute Gasteiger partial charge is 0.202 e. The second-order valence-electron chi connectivity index (χ2n) is 15.7. The number of anilines is 1. The molecule has 51 heavy (non-hydrogen) atoms. The average molecular weight is 704 g/mol. The van der Waals surface area contributed by atoms with E-state index >= 15 is 0 Å². The molecule has 0 amide bonds. The average Bonchev–Trinajstić information content (AvgIpc) is 3.10. The Morgan fingerprint density at radius 3 is 1.80 bits per heavy atom. The third kappa shape index (κ3) is 7.77. The maximum absolute atomic E-state index is 14.2. The van der Waals surface area contributed by atoms with Gasteiger partial charge in [0.05, 0.1) is 22.3 Å². The molecule has 5 nitrogen and oxygen atoms in total. The number of unbranched alkanes of at least 4 members (excludes halogenated alkanes) is 2. The zero-order valence-electron chi connectivity index (χ0n) is 30.9. The van der Waals surface area contributed by atoms with Gasteiger partial charge in [-0.3, -0.25) is 9.59 Å². The van der Waals surface area contributed by atoms with Crippen LogP contribution in [0.15, 0.2) is 70.5 Å². The van der Waals surface area contributed by atoms with Crippen molar-refractivity contribution in [1.29, 1.82) is 0 Å². The molecule has 0 aromatic heterocycles. The number of aromatic hydroxyl groups is 2. The van der Waals surface area contributed by atoms with Crippen molar-refractivity contribution in [1.82, 2.24) is 0 Å². The maximum Gasteiger partial charge on any atom is 0.202 e. The molecule has 2 aliphatic carbocycles. The van der Waals surface area contributed by atoms with Gasteiger partial charge >= 0.3 is 0 Å². The van der Waals surface area contributed by atoms with Crippen molar-refractivity contribution in [2.24, 2.45) is 17.8 Å². The molecule has 0 saturated heterocycles. The Bertz CT molecular complexity index is 1900. The molecule has 1 saturated carbocycles. The number of carbonyl (C=O) groups is 2. The number of benzene rings is 4. The fraction of sp³-hybridized carbons (Fsp3) is 0.422. The molecule has 0 radical (unpaired) electrons. The van der Waals surface area contributed by atoms with Crippen LogP contribution in [0.2, 0.25) is 0 Å². The van der Waals surface area contributed by atoms with Crippen LogP contribution in [0.1, 0.15) is 140 Å². The van der Waals surface area contributed by atoms with Crippen LogP contribution < -0.4 is 5.73 Å². The molecule has 4 N–H and O–H groups in total. The summed E-state index contributed by atoms with van der Waals surface area (Å²) in [6.07, 6.45) is 11.7. The highest BCUT2D eigenvalue weighted by Gasteiger charge is 2.39. The second-order valence-corrected chi connectivity index (χ2v) is 16.8. The van der Waals surface area contributed by atoms with Crippen LogP contribution in [0, 0.1) is 17.8 Å². The van der Waals surface area contributed by atoms with E-state index in [1.165, 1.54) is 68.7 Å². The Morgan fingerprint density at radius 2 is 1.24 bits per heavy atom. The molecule has 6 rings (SSSR count). The van der Waals surface area contributed by atoms with Gasteiger partial charge in [0, 0.05) is 15.5 Å². The number of hydrogen-bond acceptors (Lipinski definition) is 6. The Kier molecular flexibility index (Phi) is 11.3. The van der Waals surface area contributed by atoms with Gasteiger partial charge < -0.3 is 15.9 Å². The highest BCUT2D eigenvalue weighted by Crippen LogP contribution is 2.47. The van der Waals surface area contributed by atoms with Crippen LogP contribution in [0.3, 0.4) is 0 Å². The molecule has 0 heterocycles. The third-order valence-electron chi connectivity index (χ3n) is 10.8. The lowest BCUT2D eigenvalue weighted by molar-refractivity contribution is 0.0972. The Balaban J connectivity index is 1.26. The molecule has 0 unspecified atom stereocenters. The molecule has 0 aliphatic heterocycles. The van der Waals surface area contributed by atoms with E-state index < -0.39 is 11.6 Å². The molecule has 4 aromatic carbocycles. The van der Waals surface area contributed by atoms with E-state index in [2.05, 4.69) is 43.3 Å². The van der Waals surface area contributed by atoms with Crippen molar-refractivity contribution in [2.75, 3.05) is 5.73 Å². The Labute approximate surface area is 308 Å². The molecule has 6 heteroatoms. The molecular weight excluding hydrogens is 651 g/mol. The first kappa shape index (κ1) is 36.8. The number of carbonyl (C=O) groups excluding carboxylic acids is 2. The van der Waals surface area contributed by atoms with Crippen molar-refractivity contribution < 1.29 is 19.8 Å². The molecule has 268 valence electrons. The van der Waals surface area contributed by atoms with Crippen LogP contribution >= 0.6 is 11.8 Å². The van der Waals surface area contributed by atoms with Crippen LogP contribution in [-0.2, 0) is 12.8 Å². The monoisotopic (exact) mass is 703 g/mol. The van der Waals surface area contributed by atoms with Crippen LogP contribution in [0.5, 0.6) is 11.5 Å². The second kappa shape index (κ2) is 15.7. The topological polar surface area (TPSA) is 101 Å². The Hall–Kier alpha value is -4.03. The zero-order chi connectivity index (χ0) is 36.4. The van der Waals surface area contributed by atoms with E-state index in [0.29, 0.717) is 34.8 Å². The number of rotatable bonds is 12. The summed E-state index contributed by atoms with van der Waals surface area (Å²) < 4.78 is 0. The maximum atomic E-state index is 14.2. The number of fused-ring (bicyclic) bond motifs is 2. The molecule has 2 aliphatic rings. The molecular formula is C45H53NO4S. The first-order valence-corrected chi connectivity index (χ1v) is 19.8. The first-order valence-electron chi connectivity index (χ1n) is 19.0. The van der Waals surface area contributed by atoms with E-state index in [1.807, 2.05) is 45.9 Å². The summed E-state index contributed by atoms with van der Waals surface area (Å²) in [6, 6.07) is 20.8. The van der Waals surface area contributed by atoms with Crippen LogP contribution in [-0.4, -0.2) is 21.8 Å². The van der Waals surface area contributed by atoms with Gasteiger partial charge in [0.15, 0.2) is 5.78 Å². The highest BCUT2D eigenvalue weighted by atomic mass is 32.2. The summed E-state index contributed by atoms with van der Waals surface area (Å²) in [6.45, 7) is 10.4. The minimum atomic E-state index is -0.571. The summed E-state index contributed by atoms with van der Waals surface area (Å²) in [5, 5.41) is 22.7. The number of phenolic OH excluding ortho intramolecular Hbond substituents is 2. The first-order chi connectivity index (χ1) is 24.5. The predicted octanol–water partition coefficient (Wildman–Crippen LogP) is 11.5. The molecule has 1 fully saturated rings. The van der Waals surface area contributed by atoms with Gasteiger partial charge in [-0.1, -0.05) is 108 Å². The van der Waals surface area contributed by atoms with Gasteiger partial charge in [-0.2, -0.15) is 0 Å². The van der Waals surface area contributed by atoms with Gasteiger partial charge in [-0.05, 0) is 114 Å². The summed E-state index contributed by atoms with van der Waals surface area (Å²) in [4.78, 5) is 29.9. The lowest BCUT2D eigenvalue weighted by Crippen LogP contribution is -2.25. The van der Waals surface area contributed by atoms with Gasteiger partial charge in [0.1, 0.15) is 11.5 Å². The number of nitrogens with two attached hydrogens (primary N) is 1. The predicted molar refractivity (Wildman–Crippen MR) is 209 cm³/mol. The number of ketones is 2. The fourth-order valence-electron chi connectivity index (χ4n) is 8.14. The number of hydrogen-bond donors (Lipinski definition) is 3. The van der Waals surface area contributed by atoms with Crippen molar-refractivity contribution in [3.8, 4) is 22.6 Å². The summed E-state index contributed by atoms with van der Waals surface area (Å²) >= 11 is 1.40. The van der Waals surface area contributed by atoms with Gasteiger partial charge in [0.2, 0.25) is 5.78 Å². The number of nitrogen functional groups attached to an aromatic ring is 1. The molecule has 0 bridgehead atoms. The van der Waals surface area contributed by atoms with Gasteiger partial charge in [-0.15, -0.1) is 0 Å². The zero-order valence-corrected chi connectivity index (χ0v) is 31.7. The SMILES string of the molecule is CCCCCC1CCC(c2ccc(-c3ccc(Sc4cc(CC(C)C)c(O)c5c4C(=O)c4c(N)cc(CC(C)C)c(O)c4C5=O)cc3)cc2)CC1. The summed E-state index contributed by atoms with van der Waals surface area (Å²) in [7, 11) is 0. The fourth-order valence-corrected chi connectivity index (χ4v) is 9.17. The van der Waals surface area contributed by atoms with Gasteiger partial charge in [-0.25, -0.2) is 0 Å². The van der Waals surface area contributed by atoms with Crippen molar-refractivity contribution in [2.45, 2.75) is 115 Å². The van der Waals surface area contributed by atoms with E-state index in [4.69, 9.17) is 5.73 Å². The van der Waals surface area contributed by atoms with E-state index in [0.717, 1.165) is 21.9 Å². The van der Waals surface area contributed by atoms with Crippen LogP contribution in [0.25, 0.3) is 11.1 Å². The van der Waals surface area contributed by atoms with E-state index in [1.54, 1.807) is 6.07 Å².